The van der Waals surface area contributed by atoms with Gasteiger partial charge in [-0.15, -0.1) is 0 Å². The van der Waals surface area contributed by atoms with Crippen LogP contribution in [0.2, 0.25) is 17.1 Å². The summed E-state index contributed by atoms with van der Waals surface area (Å²) < 4.78 is 258. The summed E-state index contributed by atoms with van der Waals surface area (Å²) in [7, 11) is -2.59. The van der Waals surface area contributed by atoms with E-state index in [1.807, 2.05) is 0 Å². The number of hydrogen-bond donors (Lipinski definition) is 3. The highest BCUT2D eigenvalue weighted by atomic mass is 28.4. The fraction of sp³-hybridized carbons (Fsp3) is 0.550. The Morgan fingerprint density at radius 3 is 1.63 bits per heavy atom. The van der Waals surface area contributed by atoms with Crippen LogP contribution in [0.4, 0.5) is 85.1 Å². The van der Waals surface area contributed by atoms with Crippen LogP contribution < -0.4 is 20.3 Å². The summed E-state index contributed by atoms with van der Waals surface area (Å²) in [6.45, 7) is 5.89. The first-order chi connectivity index (χ1) is 30.4. The molecule has 0 heterocycles. The minimum absolute atomic E-state index is 0.0562. The van der Waals surface area contributed by atoms with Crippen LogP contribution >= 0.6 is 0 Å². The first-order valence-electron chi connectivity index (χ1n) is 19.4. The number of carbonyl (C=O) groups excluding carboxylic acids is 2. The second kappa shape index (κ2) is 21.7. The molecule has 27 heteroatoms. The standard InChI is InChI=1S/C40H45F17N2O7Si/c1-23(2)67(24(3)4,21-18-33(41,42)34(43,44)35(45,46)36(47,48)37(49,50)38(51,52)39(53,54)40(55,56)57)65-20-19-64-29-14-10-26(11-15-29)30(22-25(5)8-7-9-31(60)59-62)66-32(61)58-27-12-16-28(63-6)17-13-27/h7-17,23-24,30,62H,18-22H2,1-6H3,(H,58,61)(H,59,60)/b9-7+,25-8+/t30-/m1/s1. The van der Waals surface area contributed by atoms with Gasteiger partial charge < -0.3 is 18.6 Å². The molecule has 0 bridgehead atoms. The Hall–Kier alpha value is -4.79. The molecule has 0 radical (unpaired) electrons. The number of hydroxylamine groups is 1. The van der Waals surface area contributed by atoms with Crippen molar-refractivity contribution in [2.24, 2.45) is 0 Å². The van der Waals surface area contributed by atoms with E-state index in [4.69, 9.17) is 23.8 Å². The van der Waals surface area contributed by atoms with Crippen LogP contribution in [0, 0.1) is 0 Å². The molecular formula is C40H45F17N2O7Si. The van der Waals surface area contributed by atoms with E-state index in [9.17, 15) is 75.4 Å². The van der Waals surface area contributed by atoms with Crippen LogP contribution in [-0.2, 0) is 14.0 Å². The van der Waals surface area contributed by atoms with E-state index in [-0.39, 0.29) is 12.2 Å². The van der Waals surface area contributed by atoms with Gasteiger partial charge in [0.1, 0.15) is 24.2 Å². The van der Waals surface area contributed by atoms with Crippen LogP contribution in [0.3, 0.4) is 0 Å². The summed E-state index contributed by atoms with van der Waals surface area (Å²) in [5, 5.41) is 11.2. The quantitative estimate of drug-likeness (QED) is 0.0182. The molecule has 0 aromatic heterocycles. The molecule has 3 N–H and O–H groups in total. The van der Waals surface area contributed by atoms with Gasteiger partial charge in [0.05, 0.1) is 13.7 Å². The zero-order valence-corrected chi connectivity index (χ0v) is 36.9. The van der Waals surface area contributed by atoms with E-state index in [0.717, 1.165) is 6.08 Å². The number of alkyl halides is 17. The van der Waals surface area contributed by atoms with Gasteiger partial charge in [0.25, 0.3) is 5.91 Å². The third-order valence-corrected chi connectivity index (χ3v) is 16.1. The van der Waals surface area contributed by atoms with Gasteiger partial charge in [-0.25, -0.2) is 10.3 Å². The molecule has 0 saturated heterocycles. The second-order valence-corrected chi connectivity index (χ2v) is 20.5. The number of benzene rings is 2. The van der Waals surface area contributed by atoms with Gasteiger partial charge in [-0.1, -0.05) is 57.6 Å². The molecule has 0 unspecified atom stereocenters. The lowest BCUT2D eigenvalue weighted by Crippen LogP contribution is -2.74. The predicted molar refractivity (Wildman–Crippen MR) is 207 cm³/mol. The molecule has 2 aromatic rings. The molecule has 0 saturated carbocycles. The Labute approximate surface area is 372 Å². The summed E-state index contributed by atoms with van der Waals surface area (Å²) in [4.78, 5) is 24.2. The van der Waals surface area contributed by atoms with Crippen molar-refractivity contribution >= 4 is 26.0 Å². The van der Waals surface area contributed by atoms with Gasteiger partial charge in [-0.2, -0.15) is 74.6 Å². The number of anilines is 1. The number of nitrogens with one attached hydrogen (secondary N) is 2. The van der Waals surface area contributed by atoms with Gasteiger partial charge in [-0.3, -0.25) is 15.3 Å². The van der Waals surface area contributed by atoms with Crippen molar-refractivity contribution in [3.05, 3.63) is 77.9 Å². The molecule has 380 valence electrons. The Morgan fingerprint density at radius 1 is 0.687 bits per heavy atom. The van der Waals surface area contributed by atoms with Gasteiger partial charge in [0, 0.05) is 24.6 Å². The minimum Gasteiger partial charge on any atom is -0.497 e. The monoisotopic (exact) mass is 1020 g/mol. The van der Waals surface area contributed by atoms with Gasteiger partial charge in [-0.05, 0) is 66.0 Å². The number of halogens is 17. The number of ether oxygens (including phenoxy) is 3. The van der Waals surface area contributed by atoms with E-state index >= 15 is 8.78 Å². The van der Waals surface area contributed by atoms with Gasteiger partial charge in [0.2, 0.25) is 0 Å². The summed E-state index contributed by atoms with van der Waals surface area (Å²) in [5.41, 5.74) is 0.926. The van der Waals surface area contributed by atoms with E-state index in [1.165, 1.54) is 88.8 Å². The smallest absolute Gasteiger partial charge is 0.460 e. The van der Waals surface area contributed by atoms with Crippen LogP contribution in [0.25, 0.3) is 0 Å². The van der Waals surface area contributed by atoms with E-state index in [0.29, 0.717) is 22.6 Å². The molecule has 67 heavy (non-hydrogen) atoms. The maximum atomic E-state index is 15.0. The molecule has 1 atom stereocenters. The highest BCUT2D eigenvalue weighted by Crippen LogP contribution is 2.64. The topological polar surface area (TPSA) is 115 Å². The number of rotatable bonds is 24. The van der Waals surface area contributed by atoms with Crippen molar-refractivity contribution in [1.82, 2.24) is 5.48 Å². The molecule has 2 amide bonds. The lowest BCUT2D eigenvalue weighted by atomic mass is 9.88. The summed E-state index contributed by atoms with van der Waals surface area (Å²) in [5.74, 6) is -57.1. The second-order valence-electron chi connectivity index (χ2n) is 15.5. The third-order valence-electron chi connectivity index (χ3n) is 10.4. The number of carbonyl (C=O) groups is 2. The zero-order chi connectivity index (χ0) is 51.8. The fourth-order valence-corrected chi connectivity index (χ4v) is 10.9. The van der Waals surface area contributed by atoms with Crippen molar-refractivity contribution in [3.63, 3.8) is 0 Å². The SMILES string of the molecule is COc1ccc(NC(=O)O[C@H](C/C(C)=C/C=C/C(=O)NO)c2ccc(OCCO[Si](CCC(F)(F)C(F)(F)C(F)(F)C(F)(F)C(F)(F)C(F)(F)C(F)(F)C(F)(F)F)(C(C)C)C(C)C)cc2)cc1. The summed E-state index contributed by atoms with van der Waals surface area (Å²) in [6, 6.07) is 10.6. The number of methoxy groups -OCH3 is 1. The average Bonchev–Trinajstić information content (AvgIpc) is 3.22. The molecule has 0 spiro atoms. The van der Waals surface area contributed by atoms with E-state index in [1.54, 1.807) is 19.1 Å². The maximum absolute atomic E-state index is 15.0. The molecule has 2 aromatic carbocycles. The summed E-state index contributed by atoms with van der Waals surface area (Å²) >= 11 is 0. The highest BCUT2D eigenvalue weighted by molar-refractivity contribution is 6.76. The van der Waals surface area contributed by atoms with Crippen molar-refractivity contribution < 1.29 is 108 Å². The van der Waals surface area contributed by atoms with Crippen molar-refractivity contribution in [3.8, 4) is 11.5 Å². The lowest BCUT2D eigenvalue weighted by molar-refractivity contribution is -0.461. The van der Waals surface area contributed by atoms with Crippen LogP contribution in [0.15, 0.2) is 72.3 Å². The van der Waals surface area contributed by atoms with Crippen molar-refractivity contribution in [1.29, 1.82) is 0 Å². The average molecular weight is 1020 g/mol. The molecule has 0 aliphatic rings. The molecule has 0 aliphatic heterocycles. The van der Waals surface area contributed by atoms with Crippen LogP contribution in [-0.4, -0.2) is 93.5 Å². The number of allylic oxidation sites excluding steroid dienone is 2. The minimum atomic E-state index is -8.71. The maximum Gasteiger partial charge on any atom is 0.460 e. The predicted octanol–water partition coefficient (Wildman–Crippen LogP) is 12.9. The Kier molecular flexibility index (Phi) is 18.9. The zero-order valence-electron chi connectivity index (χ0n) is 35.9. The van der Waals surface area contributed by atoms with Crippen LogP contribution in [0.1, 0.15) is 59.1 Å². The Morgan fingerprint density at radius 2 is 1.16 bits per heavy atom. The highest BCUT2D eigenvalue weighted by Gasteiger charge is 2.95. The molecule has 9 nitrogen and oxygen atoms in total. The Balaban J connectivity index is 2.30. The van der Waals surface area contributed by atoms with Gasteiger partial charge in [0.15, 0.2) is 8.32 Å². The number of amides is 2. The lowest BCUT2D eigenvalue weighted by Gasteiger charge is -2.44. The van der Waals surface area contributed by atoms with Crippen molar-refractivity contribution in [2.45, 2.75) is 118 Å². The van der Waals surface area contributed by atoms with Crippen molar-refractivity contribution in [2.75, 3.05) is 25.6 Å². The molecule has 0 aliphatic carbocycles. The number of hydrogen-bond acceptors (Lipinski definition) is 7. The molecule has 2 rings (SSSR count). The fourth-order valence-electron chi connectivity index (χ4n) is 6.40. The summed E-state index contributed by atoms with van der Waals surface area (Å²) in [6.07, 6.45) is -8.42. The molecular weight excluding hydrogens is 971 g/mol. The molecule has 0 fully saturated rings. The third kappa shape index (κ3) is 12.5. The van der Waals surface area contributed by atoms with Gasteiger partial charge >= 0.3 is 53.7 Å². The first kappa shape index (κ1) is 58.3. The van der Waals surface area contributed by atoms with Crippen LogP contribution in [0.5, 0.6) is 11.5 Å². The largest absolute Gasteiger partial charge is 0.497 e. The normalized spacial score (nSPS) is 14.7. The Bertz CT molecular complexity index is 2010. The van der Waals surface area contributed by atoms with E-state index in [2.05, 4.69) is 5.32 Å². The first-order valence-corrected chi connectivity index (χ1v) is 21.7. The van der Waals surface area contributed by atoms with E-state index < -0.39 is 111 Å².